The summed E-state index contributed by atoms with van der Waals surface area (Å²) in [6.07, 6.45) is 3.65. The summed E-state index contributed by atoms with van der Waals surface area (Å²) in [6.45, 7) is 2.39. The Labute approximate surface area is 146 Å². The van der Waals surface area contributed by atoms with Crippen molar-refractivity contribution in [1.29, 1.82) is 0 Å². The Morgan fingerprint density at radius 3 is 2.88 bits per heavy atom. The summed E-state index contributed by atoms with van der Waals surface area (Å²) < 4.78 is 5.87. The number of anilines is 1. The predicted octanol–water partition coefficient (Wildman–Crippen LogP) is 3.13. The number of carbonyl (C=O) groups is 1. The van der Waals surface area contributed by atoms with Crippen molar-refractivity contribution in [2.24, 2.45) is 11.7 Å². The quantitative estimate of drug-likeness (QED) is 0.904. The maximum atomic E-state index is 11.2. The molecule has 0 saturated carbocycles. The molecule has 0 bridgehead atoms. The zero-order valence-electron chi connectivity index (χ0n) is 13.3. The van der Waals surface area contributed by atoms with E-state index in [2.05, 4.69) is 9.88 Å². The Hall–Kier alpha value is -2.27. The maximum absolute atomic E-state index is 11.2. The SMILES string of the molecule is NC(=O)c1cnc(N2CCCC(COc3ccccc3)C2)c(Cl)c1. The molecule has 5 nitrogen and oxygen atoms in total. The minimum atomic E-state index is -0.524. The first-order valence-electron chi connectivity index (χ1n) is 8.01. The van der Waals surface area contributed by atoms with Gasteiger partial charge in [-0.25, -0.2) is 4.98 Å². The molecule has 0 spiro atoms. The van der Waals surface area contributed by atoms with E-state index in [1.165, 1.54) is 6.20 Å². The number of nitrogens with zero attached hydrogens (tertiary/aromatic N) is 2. The second-order valence-electron chi connectivity index (χ2n) is 5.97. The highest BCUT2D eigenvalue weighted by atomic mass is 35.5. The second-order valence-corrected chi connectivity index (χ2v) is 6.38. The smallest absolute Gasteiger partial charge is 0.250 e. The molecule has 24 heavy (non-hydrogen) atoms. The lowest BCUT2D eigenvalue weighted by atomic mass is 9.99. The largest absolute Gasteiger partial charge is 0.493 e. The number of amides is 1. The molecule has 1 aromatic heterocycles. The van der Waals surface area contributed by atoms with Crippen molar-refractivity contribution in [3.05, 3.63) is 53.2 Å². The van der Waals surface area contributed by atoms with Crippen molar-refractivity contribution in [1.82, 2.24) is 4.98 Å². The van der Waals surface area contributed by atoms with Crippen LogP contribution in [0, 0.1) is 5.92 Å². The molecular formula is C18H20ClN3O2. The molecule has 2 N–H and O–H groups in total. The van der Waals surface area contributed by atoms with E-state index in [1.54, 1.807) is 6.07 Å². The van der Waals surface area contributed by atoms with Gasteiger partial charge in [0.1, 0.15) is 11.6 Å². The van der Waals surface area contributed by atoms with Crippen LogP contribution in [-0.4, -0.2) is 30.6 Å². The van der Waals surface area contributed by atoms with Crippen molar-refractivity contribution in [3.63, 3.8) is 0 Å². The van der Waals surface area contributed by atoms with Gasteiger partial charge in [-0.3, -0.25) is 4.79 Å². The first-order valence-corrected chi connectivity index (χ1v) is 8.39. The van der Waals surface area contributed by atoms with Crippen LogP contribution in [0.4, 0.5) is 5.82 Å². The van der Waals surface area contributed by atoms with Gasteiger partial charge in [0.15, 0.2) is 0 Å². The summed E-state index contributed by atoms with van der Waals surface area (Å²) in [5.41, 5.74) is 5.58. The molecule has 2 aromatic rings. The van der Waals surface area contributed by atoms with Crippen LogP contribution in [0.2, 0.25) is 5.02 Å². The highest BCUT2D eigenvalue weighted by molar-refractivity contribution is 6.33. The number of rotatable bonds is 5. The third kappa shape index (κ3) is 3.97. The van der Waals surface area contributed by atoms with E-state index in [9.17, 15) is 4.79 Å². The van der Waals surface area contributed by atoms with E-state index in [0.29, 0.717) is 28.9 Å². The topological polar surface area (TPSA) is 68.5 Å². The number of ether oxygens (including phenoxy) is 1. The van der Waals surface area contributed by atoms with Gasteiger partial charge in [0.25, 0.3) is 0 Å². The molecule has 1 aliphatic rings. The predicted molar refractivity (Wildman–Crippen MR) is 94.6 cm³/mol. The number of halogens is 1. The lowest BCUT2D eigenvalue weighted by Crippen LogP contribution is -2.38. The number of carbonyl (C=O) groups excluding carboxylic acids is 1. The van der Waals surface area contributed by atoms with Crippen LogP contribution < -0.4 is 15.4 Å². The monoisotopic (exact) mass is 345 g/mol. The van der Waals surface area contributed by atoms with Gasteiger partial charge >= 0.3 is 0 Å². The van der Waals surface area contributed by atoms with Crippen molar-refractivity contribution in [2.45, 2.75) is 12.8 Å². The number of hydrogen-bond donors (Lipinski definition) is 1. The van der Waals surface area contributed by atoms with Crippen LogP contribution in [0.3, 0.4) is 0 Å². The number of nitrogens with two attached hydrogens (primary N) is 1. The molecule has 1 aliphatic heterocycles. The fourth-order valence-corrected chi connectivity index (χ4v) is 3.21. The zero-order valence-corrected chi connectivity index (χ0v) is 14.1. The lowest BCUT2D eigenvalue weighted by Gasteiger charge is -2.34. The Bertz CT molecular complexity index is 709. The van der Waals surface area contributed by atoms with E-state index < -0.39 is 5.91 Å². The van der Waals surface area contributed by atoms with Gasteiger partial charge in [-0.2, -0.15) is 0 Å². The van der Waals surface area contributed by atoms with Crippen LogP contribution in [0.5, 0.6) is 5.75 Å². The molecule has 1 saturated heterocycles. The molecule has 0 aliphatic carbocycles. The Morgan fingerprint density at radius 1 is 1.38 bits per heavy atom. The number of benzene rings is 1. The number of aromatic nitrogens is 1. The van der Waals surface area contributed by atoms with E-state index in [4.69, 9.17) is 22.1 Å². The summed E-state index contributed by atoms with van der Waals surface area (Å²) in [5.74, 6) is 1.47. The fraction of sp³-hybridized carbons (Fsp3) is 0.333. The molecule has 3 rings (SSSR count). The molecule has 1 unspecified atom stereocenters. The van der Waals surface area contributed by atoms with Gasteiger partial charge in [0.05, 0.1) is 17.2 Å². The van der Waals surface area contributed by atoms with Crippen LogP contribution in [0.15, 0.2) is 42.6 Å². The third-order valence-corrected chi connectivity index (χ3v) is 4.43. The van der Waals surface area contributed by atoms with Gasteiger partial charge in [-0.1, -0.05) is 29.8 Å². The van der Waals surface area contributed by atoms with E-state index in [0.717, 1.165) is 31.7 Å². The average molecular weight is 346 g/mol. The minimum Gasteiger partial charge on any atom is -0.493 e. The molecule has 1 atom stereocenters. The van der Waals surface area contributed by atoms with Crippen LogP contribution >= 0.6 is 11.6 Å². The molecule has 0 radical (unpaired) electrons. The van der Waals surface area contributed by atoms with Gasteiger partial charge in [-0.05, 0) is 31.0 Å². The summed E-state index contributed by atoms with van der Waals surface area (Å²) in [7, 11) is 0. The number of pyridine rings is 1. The van der Waals surface area contributed by atoms with E-state index in [1.807, 2.05) is 30.3 Å². The van der Waals surface area contributed by atoms with Crippen LogP contribution in [0.25, 0.3) is 0 Å². The number of primary amides is 1. The molecule has 6 heteroatoms. The molecule has 126 valence electrons. The van der Waals surface area contributed by atoms with E-state index >= 15 is 0 Å². The first kappa shape index (κ1) is 16.6. The van der Waals surface area contributed by atoms with Crippen molar-refractivity contribution in [2.75, 3.05) is 24.6 Å². The van der Waals surface area contributed by atoms with Gasteiger partial charge in [-0.15, -0.1) is 0 Å². The van der Waals surface area contributed by atoms with E-state index in [-0.39, 0.29) is 0 Å². The third-order valence-electron chi connectivity index (χ3n) is 4.15. The average Bonchev–Trinajstić information content (AvgIpc) is 2.61. The normalized spacial score (nSPS) is 17.5. The van der Waals surface area contributed by atoms with Crippen molar-refractivity contribution >= 4 is 23.3 Å². The molecular weight excluding hydrogens is 326 g/mol. The molecule has 1 fully saturated rings. The van der Waals surface area contributed by atoms with Gasteiger partial charge < -0.3 is 15.4 Å². The standard InChI is InChI=1S/C18H20ClN3O2/c19-16-9-14(17(20)23)10-21-18(16)22-8-4-5-13(11-22)12-24-15-6-2-1-3-7-15/h1-3,6-7,9-10,13H,4-5,8,11-12H2,(H2,20,23). The fourth-order valence-electron chi connectivity index (χ4n) is 2.92. The highest BCUT2D eigenvalue weighted by Gasteiger charge is 2.23. The summed E-state index contributed by atoms with van der Waals surface area (Å²) in [4.78, 5) is 17.7. The van der Waals surface area contributed by atoms with Crippen LogP contribution in [-0.2, 0) is 0 Å². The Morgan fingerprint density at radius 2 is 2.17 bits per heavy atom. The molecule has 1 aromatic carbocycles. The summed E-state index contributed by atoms with van der Waals surface area (Å²) in [5, 5.41) is 0.455. The molecule has 1 amide bonds. The van der Waals surface area contributed by atoms with Crippen molar-refractivity contribution in [3.8, 4) is 5.75 Å². The van der Waals surface area contributed by atoms with Gasteiger partial charge in [0, 0.05) is 25.2 Å². The van der Waals surface area contributed by atoms with Crippen LogP contribution in [0.1, 0.15) is 23.2 Å². The Balaban J connectivity index is 1.64. The van der Waals surface area contributed by atoms with Crippen molar-refractivity contribution < 1.29 is 9.53 Å². The maximum Gasteiger partial charge on any atom is 0.250 e. The highest BCUT2D eigenvalue weighted by Crippen LogP contribution is 2.28. The second kappa shape index (κ2) is 7.53. The number of piperidine rings is 1. The Kier molecular flexibility index (Phi) is 5.20. The first-order chi connectivity index (χ1) is 11.6. The zero-order chi connectivity index (χ0) is 16.9. The number of hydrogen-bond acceptors (Lipinski definition) is 4. The number of para-hydroxylation sites is 1. The van der Waals surface area contributed by atoms with Gasteiger partial charge in [0.2, 0.25) is 5.91 Å². The summed E-state index contributed by atoms with van der Waals surface area (Å²) >= 11 is 6.28. The lowest BCUT2D eigenvalue weighted by molar-refractivity contribution is 0.1000. The molecule has 2 heterocycles. The minimum absolute atomic E-state index is 0.324. The summed E-state index contributed by atoms with van der Waals surface area (Å²) in [6, 6.07) is 11.4.